The smallest absolute Gasteiger partial charge is 0.290 e. The van der Waals surface area contributed by atoms with E-state index in [1.165, 1.54) is 63.0 Å². The molecule has 51 heavy (non-hydrogen) atoms. The van der Waals surface area contributed by atoms with Crippen LogP contribution in [0.3, 0.4) is 0 Å². The van der Waals surface area contributed by atoms with Crippen LogP contribution >= 0.6 is 0 Å². The van der Waals surface area contributed by atoms with Crippen LogP contribution in [0.4, 0.5) is 23.0 Å². The van der Waals surface area contributed by atoms with Crippen molar-refractivity contribution in [2.45, 2.75) is 52.6 Å². The fourth-order valence-electron chi connectivity index (χ4n) is 7.35. The Labute approximate surface area is 298 Å². The van der Waals surface area contributed by atoms with E-state index >= 15 is 0 Å². The number of carbonyl (C=O) groups is 1. The number of benzene rings is 2. The summed E-state index contributed by atoms with van der Waals surface area (Å²) in [6, 6.07) is 21.4. The summed E-state index contributed by atoms with van der Waals surface area (Å²) in [5.41, 5.74) is 10.9. The van der Waals surface area contributed by atoms with E-state index in [0.717, 1.165) is 80.2 Å². The first-order valence-electron chi connectivity index (χ1n) is 17.7. The molecule has 0 spiro atoms. The van der Waals surface area contributed by atoms with Gasteiger partial charge in [-0.1, -0.05) is 24.3 Å². The first-order chi connectivity index (χ1) is 25.0. The van der Waals surface area contributed by atoms with Crippen LogP contribution in [-0.2, 0) is 17.9 Å². The minimum absolute atomic E-state index is 0.250. The standard InChI is InChI=1S/C40H42N8.CH2O2/c1-27-33(9-7-11-35(27)45-39-37-31(13-15-41-39)21-29(23-43-37)25-47-17-3-4-18-47)34-10-8-12-36(28(34)2)46-40-38-32(14-16-42-40)22-30(24-44-38)26-48-19-5-6-20-48;2-1-3/h7-16,21-24H,3-6,17-20,25-26H2,1-2H3,(H,41,45)(H,42,46);1H,(H,2,3). The van der Waals surface area contributed by atoms with Crippen LogP contribution in [-0.4, -0.2) is 67.5 Å². The first-order valence-corrected chi connectivity index (χ1v) is 17.7. The molecule has 0 saturated carbocycles. The summed E-state index contributed by atoms with van der Waals surface area (Å²) in [6.07, 6.45) is 12.9. The topological polar surface area (TPSA) is 119 Å². The van der Waals surface area contributed by atoms with E-state index in [4.69, 9.17) is 29.8 Å². The molecule has 0 atom stereocenters. The Morgan fingerprint density at radius 1 is 0.647 bits per heavy atom. The van der Waals surface area contributed by atoms with Crippen LogP contribution in [0.25, 0.3) is 32.9 Å². The van der Waals surface area contributed by atoms with Gasteiger partial charge in [-0.2, -0.15) is 0 Å². The second kappa shape index (κ2) is 15.6. The number of nitrogens with one attached hydrogen (secondary N) is 2. The molecule has 3 N–H and O–H groups in total. The molecule has 260 valence electrons. The van der Waals surface area contributed by atoms with E-state index in [2.05, 4.69) is 94.9 Å². The quantitative estimate of drug-likeness (QED) is 0.129. The van der Waals surface area contributed by atoms with Gasteiger partial charge in [-0.15, -0.1) is 0 Å². The zero-order valence-corrected chi connectivity index (χ0v) is 29.3. The molecule has 0 amide bonds. The summed E-state index contributed by atoms with van der Waals surface area (Å²) < 4.78 is 0. The van der Waals surface area contributed by atoms with Crippen molar-refractivity contribution in [2.75, 3.05) is 36.8 Å². The Kier molecular flexibility index (Phi) is 10.4. The molecule has 2 saturated heterocycles. The monoisotopic (exact) mass is 680 g/mol. The molecule has 2 aliphatic rings. The predicted molar refractivity (Wildman–Crippen MR) is 205 cm³/mol. The van der Waals surface area contributed by atoms with Gasteiger partial charge >= 0.3 is 0 Å². The fourth-order valence-corrected chi connectivity index (χ4v) is 7.35. The van der Waals surface area contributed by atoms with Gasteiger partial charge in [0.1, 0.15) is 11.0 Å². The summed E-state index contributed by atoms with van der Waals surface area (Å²) >= 11 is 0. The maximum absolute atomic E-state index is 8.36. The minimum Gasteiger partial charge on any atom is -0.483 e. The number of pyridine rings is 4. The molecule has 8 rings (SSSR count). The maximum atomic E-state index is 8.36. The van der Waals surface area contributed by atoms with Crippen LogP contribution in [0.5, 0.6) is 0 Å². The van der Waals surface area contributed by atoms with Gasteiger partial charge in [0.25, 0.3) is 6.47 Å². The highest BCUT2D eigenvalue weighted by atomic mass is 16.3. The van der Waals surface area contributed by atoms with Crippen LogP contribution in [0, 0.1) is 13.8 Å². The molecule has 2 aromatic carbocycles. The van der Waals surface area contributed by atoms with Crippen molar-refractivity contribution in [3.63, 3.8) is 0 Å². The molecular weight excluding hydrogens is 637 g/mol. The number of anilines is 4. The lowest BCUT2D eigenvalue weighted by atomic mass is 9.94. The number of fused-ring (bicyclic) bond motifs is 2. The third kappa shape index (κ3) is 7.67. The van der Waals surface area contributed by atoms with Gasteiger partial charge in [0, 0.05) is 60.0 Å². The van der Waals surface area contributed by atoms with Crippen molar-refractivity contribution < 1.29 is 9.90 Å². The zero-order valence-electron chi connectivity index (χ0n) is 29.3. The van der Waals surface area contributed by atoms with Crippen LogP contribution in [0.15, 0.2) is 85.5 Å². The van der Waals surface area contributed by atoms with E-state index in [1.807, 2.05) is 24.8 Å². The number of carboxylic acid groups (broad SMARTS) is 1. The highest BCUT2D eigenvalue weighted by Crippen LogP contribution is 2.36. The Morgan fingerprint density at radius 2 is 1.06 bits per heavy atom. The summed E-state index contributed by atoms with van der Waals surface area (Å²) in [5, 5.41) is 16.3. The predicted octanol–water partition coefficient (Wildman–Crippen LogP) is 8.24. The summed E-state index contributed by atoms with van der Waals surface area (Å²) in [6.45, 7) is 10.7. The molecule has 0 bridgehead atoms. The number of likely N-dealkylation sites (tertiary alicyclic amines) is 2. The summed E-state index contributed by atoms with van der Waals surface area (Å²) in [5.74, 6) is 1.54. The number of hydrogen-bond acceptors (Lipinski definition) is 9. The number of nitrogens with zero attached hydrogens (tertiary/aromatic N) is 6. The highest BCUT2D eigenvalue weighted by Gasteiger charge is 2.17. The van der Waals surface area contributed by atoms with E-state index in [-0.39, 0.29) is 6.47 Å². The summed E-state index contributed by atoms with van der Waals surface area (Å²) in [4.78, 5) is 32.5. The second-order valence-electron chi connectivity index (χ2n) is 13.4. The second-order valence-corrected chi connectivity index (χ2v) is 13.4. The van der Waals surface area contributed by atoms with E-state index in [1.54, 1.807) is 0 Å². The fraction of sp³-hybridized carbons (Fsp3) is 0.293. The molecule has 0 unspecified atom stereocenters. The third-order valence-corrected chi connectivity index (χ3v) is 9.99. The molecule has 0 aliphatic carbocycles. The Morgan fingerprint density at radius 3 is 1.47 bits per heavy atom. The largest absolute Gasteiger partial charge is 0.483 e. The normalized spacial score (nSPS) is 14.8. The lowest BCUT2D eigenvalue weighted by molar-refractivity contribution is -0.122. The van der Waals surface area contributed by atoms with Gasteiger partial charge < -0.3 is 15.7 Å². The van der Waals surface area contributed by atoms with Crippen molar-refractivity contribution in [2.24, 2.45) is 0 Å². The van der Waals surface area contributed by atoms with E-state index in [9.17, 15) is 0 Å². The molecule has 6 aromatic rings. The van der Waals surface area contributed by atoms with Crippen molar-refractivity contribution in [3.05, 3.63) is 108 Å². The Balaban J connectivity index is 0.00000131. The molecule has 10 heteroatoms. The molecule has 2 aliphatic heterocycles. The third-order valence-electron chi connectivity index (χ3n) is 9.99. The lowest BCUT2D eigenvalue weighted by Crippen LogP contribution is -2.18. The highest BCUT2D eigenvalue weighted by molar-refractivity contribution is 5.92. The van der Waals surface area contributed by atoms with Crippen molar-refractivity contribution in [1.82, 2.24) is 29.7 Å². The van der Waals surface area contributed by atoms with Gasteiger partial charge in [-0.25, -0.2) is 9.97 Å². The molecule has 6 heterocycles. The van der Waals surface area contributed by atoms with Gasteiger partial charge in [0.15, 0.2) is 11.6 Å². The molecular formula is C41H44N8O2. The van der Waals surface area contributed by atoms with Crippen LogP contribution in [0.1, 0.15) is 47.9 Å². The number of aromatic nitrogens is 4. The Hall–Kier alpha value is -5.45. The van der Waals surface area contributed by atoms with Crippen LogP contribution < -0.4 is 10.6 Å². The van der Waals surface area contributed by atoms with Gasteiger partial charge in [0.05, 0.1) is 0 Å². The van der Waals surface area contributed by atoms with Gasteiger partial charge in [0.2, 0.25) is 0 Å². The van der Waals surface area contributed by atoms with Gasteiger partial charge in [-0.05, 0) is 135 Å². The molecule has 4 aromatic heterocycles. The summed E-state index contributed by atoms with van der Waals surface area (Å²) in [7, 11) is 0. The minimum atomic E-state index is -0.250. The van der Waals surface area contributed by atoms with Crippen LogP contribution in [0.2, 0.25) is 0 Å². The van der Waals surface area contributed by atoms with Crippen molar-refractivity contribution in [1.29, 1.82) is 0 Å². The SMILES string of the molecule is Cc1c(Nc2nccc3cc(CN4CCCC4)cnc23)cccc1-c1cccc(Nc2nccc3cc(CN4CCCC4)cnc23)c1C.O=CO. The van der Waals surface area contributed by atoms with Crippen molar-refractivity contribution >= 4 is 51.3 Å². The number of hydrogen-bond donors (Lipinski definition) is 3. The van der Waals surface area contributed by atoms with Gasteiger partial charge in [-0.3, -0.25) is 24.6 Å². The molecule has 10 nitrogen and oxygen atoms in total. The van der Waals surface area contributed by atoms with E-state index in [0.29, 0.717) is 0 Å². The Bertz CT molecular complexity index is 2010. The average Bonchev–Trinajstić information content (AvgIpc) is 3.86. The zero-order chi connectivity index (χ0) is 35.2. The number of rotatable bonds is 9. The lowest BCUT2D eigenvalue weighted by Gasteiger charge is -2.18. The molecule has 2 fully saturated rings. The van der Waals surface area contributed by atoms with E-state index < -0.39 is 0 Å². The van der Waals surface area contributed by atoms with Crippen molar-refractivity contribution in [3.8, 4) is 11.1 Å². The first kappa shape index (κ1) is 34.0. The molecule has 0 radical (unpaired) electrons. The average molecular weight is 681 g/mol. The maximum Gasteiger partial charge on any atom is 0.290 e.